The molecule has 1 saturated heterocycles. The number of ether oxygens (including phenoxy) is 2. The van der Waals surface area contributed by atoms with Crippen molar-refractivity contribution < 1.29 is 20.1 Å². The van der Waals surface area contributed by atoms with E-state index in [0.29, 0.717) is 30.5 Å². The average Bonchev–Trinajstić information content (AvgIpc) is 2.86. The van der Waals surface area contributed by atoms with Gasteiger partial charge in [-0.2, -0.15) is 0 Å². The van der Waals surface area contributed by atoms with E-state index in [1.54, 1.807) is 0 Å². The Morgan fingerprint density at radius 2 is 2.36 bits per heavy atom. The van der Waals surface area contributed by atoms with Crippen molar-refractivity contribution in [1.82, 2.24) is 4.90 Å². The smallest absolute Gasteiger partial charge is 0.165 e. The van der Waals surface area contributed by atoms with Crippen LogP contribution in [-0.4, -0.2) is 48.9 Å². The van der Waals surface area contributed by atoms with E-state index in [-0.39, 0.29) is 35.5 Å². The monoisotopic (exact) mass is 303 g/mol. The number of benzene rings is 1. The van der Waals surface area contributed by atoms with Gasteiger partial charge in [0.2, 0.25) is 0 Å². The minimum Gasteiger partial charge on any atom is -0.493 e. The number of hydrogen-bond donors (Lipinski definition) is 1. The standard InChI is InChI=1S/C18H21NO3/c1-19-8-7-18-11-4-5-13(20)17(18)22-16-14(21-2)6-3-10(15(16)18)9-12(11)19/h3-6,11-13,17,20H,7-9H2,1-2H3/t11-,12+,13?,17?,18-/m0/s1/i3D,6D,13D,17D. The van der Waals surface area contributed by atoms with Crippen LogP contribution in [0.15, 0.2) is 24.2 Å². The number of hydrogen-bond acceptors (Lipinski definition) is 4. The second-order valence-corrected chi connectivity index (χ2v) is 6.64. The SMILES string of the molecule is [2H]c1c([2H])c(OC)c2c3c1C[C@@H]1[C@@H]4C=CC([2H])(O)C([2H])(O2)[C@]34CCN1C. The van der Waals surface area contributed by atoms with Crippen molar-refractivity contribution in [2.75, 3.05) is 20.7 Å². The van der Waals surface area contributed by atoms with Gasteiger partial charge in [-0.3, -0.25) is 0 Å². The maximum absolute atomic E-state index is 10.8. The Labute approximate surface area is 135 Å². The molecule has 0 saturated carbocycles. The van der Waals surface area contributed by atoms with Crippen LogP contribution in [0.4, 0.5) is 0 Å². The summed E-state index contributed by atoms with van der Waals surface area (Å²) in [6.45, 7) is 0.715. The fourth-order valence-electron chi connectivity index (χ4n) is 4.85. The van der Waals surface area contributed by atoms with E-state index in [9.17, 15) is 5.11 Å². The van der Waals surface area contributed by atoms with Gasteiger partial charge in [0.25, 0.3) is 0 Å². The van der Waals surface area contributed by atoms with Crippen molar-refractivity contribution in [3.05, 3.63) is 35.4 Å². The molecule has 0 aromatic heterocycles. The van der Waals surface area contributed by atoms with Crippen LogP contribution in [0.25, 0.3) is 0 Å². The van der Waals surface area contributed by atoms with Crippen molar-refractivity contribution in [3.63, 3.8) is 0 Å². The molecular formula is C18H21NO3. The van der Waals surface area contributed by atoms with Crippen LogP contribution in [0.5, 0.6) is 11.5 Å². The van der Waals surface area contributed by atoms with Crippen molar-refractivity contribution >= 4 is 0 Å². The quantitative estimate of drug-likeness (QED) is 0.799. The van der Waals surface area contributed by atoms with Gasteiger partial charge in [-0.1, -0.05) is 18.2 Å². The first-order valence-corrected chi connectivity index (χ1v) is 7.71. The van der Waals surface area contributed by atoms with Crippen molar-refractivity contribution in [2.45, 2.75) is 36.5 Å². The summed E-state index contributed by atoms with van der Waals surface area (Å²) in [5.41, 5.74) is 0.475. The first-order chi connectivity index (χ1) is 12.2. The topological polar surface area (TPSA) is 41.9 Å². The molecule has 1 aromatic rings. The molecule has 116 valence electrons. The molecule has 1 aromatic carbocycles. The lowest BCUT2D eigenvalue weighted by Gasteiger charge is -2.56. The molecule has 4 nitrogen and oxygen atoms in total. The van der Waals surface area contributed by atoms with Crippen LogP contribution in [0, 0.1) is 5.92 Å². The van der Waals surface area contributed by atoms with Gasteiger partial charge in [-0.05, 0) is 38.0 Å². The summed E-state index contributed by atoms with van der Waals surface area (Å²) >= 11 is 0. The molecule has 2 bridgehead atoms. The highest BCUT2D eigenvalue weighted by Crippen LogP contribution is 2.62. The van der Waals surface area contributed by atoms with E-state index in [0.717, 1.165) is 0 Å². The predicted molar refractivity (Wildman–Crippen MR) is 82.5 cm³/mol. The largest absolute Gasteiger partial charge is 0.493 e. The molecule has 2 aliphatic heterocycles. The average molecular weight is 303 g/mol. The van der Waals surface area contributed by atoms with Gasteiger partial charge in [-0.15, -0.1) is 0 Å². The predicted octanol–water partition coefficient (Wildman–Crippen LogP) is 1.50. The third kappa shape index (κ3) is 1.28. The zero-order chi connectivity index (χ0) is 18.6. The molecule has 2 unspecified atom stereocenters. The molecule has 0 radical (unpaired) electrons. The zero-order valence-corrected chi connectivity index (χ0v) is 12.6. The summed E-state index contributed by atoms with van der Waals surface area (Å²) in [7, 11) is 3.44. The lowest BCUT2D eigenvalue weighted by Crippen LogP contribution is -2.64. The summed E-state index contributed by atoms with van der Waals surface area (Å²) in [5.74, 6) is 0.288. The Balaban J connectivity index is 1.93. The summed E-state index contributed by atoms with van der Waals surface area (Å²) in [4.78, 5) is 2.21. The van der Waals surface area contributed by atoms with E-state index >= 15 is 0 Å². The second-order valence-electron chi connectivity index (χ2n) is 6.64. The molecule has 2 aliphatic carbocycles. The Bertz CT molecular complexity index is 873. The molecule has 1 spiro atoms. The summed E-state index contributed by atoms with van der Waals surface area (Å²) in [5, 5.41) is 10.8. The number of rotatable bonds is 1. The van der Waals surface area contributed by atoms with Crippen LogP contribution in [0.2, 0.25) is 0 Å². The normalized spacial score (nSPS) is 50.3. The molecule has 5 atom stereocenters. The van der Waals surface area contributed by atoms with Gasteiger partial charge in [0.05, 0.1) is 12.6 Å². The second kappa shape index (κ2) is 4.06. The van der Waals surface area contributed by atoms with E-state index in [1.807, 2.05) is 13.1 Å². The Morgan fingerprint density at radius 3 is 3.18 bits per heavy atom. The molecule has 5 rings (SSSR count). The van der Waals surface area contributed by atoms with Crippen LogP contribution in [0.1, 0.15) is 23.0 Å². The molecule has 22 heavy (non-hydrogen) atoms. The first kappa shape index (κ1) is 9.58. The van der Waals surface area contributed by atoms with E-state index in [2.05, 4.69) is 4.90 Å². The van der Waals surface area contributed by atoms with E-state index < -0.39 is 17.6 Å². The number of piperidine rings is 1. The zero-order valence-electron chi connectivity index (χ0n) is 16.6. The van der Waals surface area contributed by atoms with Crippen LogP contribution >= 0.6 is 0 Å². The van der Waals surface area contributed by atoms with Gasteiger partial charge < -0.3 is 19.5 Å². The number of likely N-dealkylation sites (tertiary alicyclic amines) is 1. The summed E-state index contributed by atoms with van der Waals surface area (Å²) in [6, 6.07) is 0.0648. The Hall–Kier alpha value is -1.52. The molecule has 2 heterocycles. The minimum absolute atomic E-state index is 0.0415. The fraction of sp³-hybridized carbons (Fsp3) is 0.556. The molecule has 1 N–H and O–H groups in total. The number of nitrogens with zero attached hydrogens (tertiary/aromatic N) is 1. The number of aliphatic hydroxyl groups is 1. The molecule has 4 aliphatic rings. The lowest BCUT2D eigenvalue weighted by molar-refractivity contribution is -0.0453. The lowest BCUT2D eigenvalue weighted by atomic mass is 9.53. The van der Waals surface area contributed by atoms with Crippen molar-refractivity contribution in [3.8, 4) is 11.5 Å². The highest BCUT2D eigenvalue weighted by atomic mass is 16.5. The third-order valence-corrected chi connectivity index (χ3v) is 5.84. The molecule has 4 heteroatoms. The van der Waals surface area contributed by atoms with Gasteiger partial charge in [-0.25, -0.2) is 0 Å². The first-order valence-electron chi connectivity index (χ1n) is 9.71. The third-order valence-electron chi connectivity index (χ3n) is 5.84. The summed E-state index contributed by atoms with van der Waals surface area (Å²) in [6.07, 6.45) is 0.171. The van der Waals surface area contributed by atoms with Crippen LogP contribution < -0.4 is 9.47 Å². The Morgan fingerprint density at radius 1 is 1.50 bits per heavy atom. The Kier molecular flexibility index (Phi) is 1.77. The number of methoxy groups -OCH3 is 1. The molecular weight excluding hydrogens is 278 g/mol. The maximum Gasteiger partial charge on any atom is 0.165 e. The van der Waals surface area contributed by atoms with Crippen LogP contribution in [0.3, 0.4) is 0 Å². The van der Waals surface area contributed by atoms with E-state index in [1.165, 1.54) is 13.2 Å². The van der Waals surface area contributed by atoms with Crippen LogP contribution in [-0.2, 0) is 11.8 Å². The molecule has 1 fully saturated rings. The van der Waals surface area contributed by atoms with Gasteiger partial charge in [0, 0.05) is 22.9 Å². The van der Waals surface area contributed by atoms with Crippen molar-refractivity contribution in [1.29, 1.82) is 0 Å². The highest BCUT2D eigenvalue weighted by molar-refractivity contribution is 5.62. The van der Waals surface area contributed by atoms with Gasteiger partial charge in [0.15, 0.2) is 11.5 Å². The van der Waals surface area contributed by atoms with Gasteiger partial charge in [0.1, 0.15) is 12.2 Å². The van der Waals surface area contributed by atoms with Crippen molar-refractivity contribution in [2.24, 2.45) is 5.92 Å². The maximum atomic E-state index is 10.8. The minimum atomic E-state index is -2.23. The molecule has 0 amide bonds. The fourth-order valence-corrected chi connectivity index (χ4v) is 4.85. The van der Waals surface area contributed by atoms with Gasteiger partial charge >= 0.3 is 0 Å². The highest BCUT2D eigenvalue weighted by Gasteiger charge is 2.64. The number of likely N-dealkylation sites (N-methyl/N-ethyl adjacent to an activating group) is 1. The summed E-state index contributed by atoms with van der Waals surface area (Å²) < 4.78 is 45.8. The van der Waals surface area contributed by atoms with E-state index in [4.69, 9.17) is 15.0 Å².